The van der Waals surface area contributed by atoms with E-state index in [1.165, 1.54) is 12.3 Å². The lowest BCUT2D eigenvalue weighted by molar-refractivity contribution is 0.0668. The molecule has 3 atom stereocenters. The largest absolute Gasteiger partial charge is 0.389 e. The molecular weight excluding hydrogens is 524 g/mol. The zero-order valence-corrected chi connectivity index (χ0v) is 24.1. The molecule has 1 saturated heterocycles. The normalized spacial score (nSPS) is 20.4. The Hall–Kier alpha value is -2.66. The summed E-state index contributed by atoms with van der Waals surface area (Å²) in [5.41, 5.74) is -1.34. The second kappa shape index (κ2) is 11.8. The lowest BCUT2D eigenvalue weighted by Gasteiger charge is -2.27. The van der Waals surface area contributed by atoms with Crippen LogP contribution in [0.5, 0.6) is 0 Å². The van der Waals surface area contributed by atoms with Crippen LogP contribution in [0.2, 0.25) is 0 Å². The van der Waals surface area contributed by atoms with Gasteiger partial charge in [0.25, 0.3) is 18.2 Å². The SMILES string of the molecule is CCC(Nc1cc(C(F)F)c(-c2sc(C(=O)NCC(C)(C)O)nc2C(=O)N2C(C)CCC2CC)cn1)C1CC1. The van der Waals surface area contributed by atoms with Crippen molar-refractivity contribution in [3.05, 3.63) is 28.5 Å². The van der Waals surface area contributed by atoms with Gasteiger partial charge >= 0.3 is 0 Å². The first-order valence-corrected chi connectivity index (χ1v) is 14.6. The highest BCUT2D eigenvalue weighted by atomic mass is 32.1. The van der Waals surface area contributed by atoms with Crippen LogP contribution in [0, 0.1) is 5.92 Å². The van der Waals surface area contributed by atoms with Gasteiger partial charge in [0, 0.05) is 42.0 Å². The number of likely N-dealkylation sites (tertiary alicyclic amines) is 1. The fourth-order valence-corrected chi connectivity index (χ4v) is 6.24. The number of nitrogens with zero attached hydrogens (tertiary/aromatic N) is 3. The van der Waals surface area contributed by atoms with Gasteiger partial charge in [-0.15, -0.1) is 11.3 Å². The molecule has 2 aromatic heterocycles. The predicted molar refractivity (Wildman–Crippen MR) is 148 cm³/mol. The molecule has 3 unspecified atom stereocenters. The Bertz CT molecular complexity index is 1190. The predicted octanol–water partition coefficient (Wildman–Crippen LogP) is 5.65. The van der Waals surface area contributed by atoms with Gasteiger partial charge in [0.15, 0.2) is 5.01 Å². The number of rotatable bonds is 11. The first-order valence-electron chi connectivity index (χ1n) is 13.8. The van der Waals surface area contributed by atoms with E-state index >= 15 is 0 Å². The second-order valence-corrected chi connectivity index (χ2v) is 12.3. The van der Waals surface area contributed by atoms with Crippen LogP contribution >= 0.6 is 11.3 Å². The number of carbonyl (C=O) groups is 2. The van der Waals surface area contributed by atoms with Crippen LogP contribution in [0.3, 0.4) is 0 Å². The van der Waals surface area contributed by atoms with Gasteiger partial charge in [0.1, 0.15) is 11.5 Å². The number of amides is 2. The molecule has 4 rings (SSSR count). The number of hydrogen-bond acceptors (Lipinski definition) is 7. The molecule has 0 radical (unpaired) electrons. The first-order chi connectivity index (χ1) is 18.4. The summed E-state index contributed by atoms with van der Waals surface area (Å²) >= 11 is 0.893. The van der Waals surface area contributed by atoms with E-state index in [2.05, 4.69) is 27.5 Å². The minimum Gasteiger partial charge on any atom is -0.389 e. The van der Waals surface area contributed by atoms with Crippen LogP contribution in [0.25, 0.3) is 10.4 Å². The number of halogens is 2. The number of aliphatic hydroxyl groups is 1. The Balaban J connectivity index is 1.75. The Labute approximate surface area is 232 Å². The van der Waals surface area contributed by atoms with Gasteiger partial charge in [0.2, 0.25) is 0 Å². The molecule has 0 aromatic carbocycles. The number of alkyl halides is 2. The molecule has 0 spiro atoms. The monoisotopic (exact) mass is 563 g/mol. The fraction of sp³-hybridized carbons (Fsp3) is 0.643. The van der Waals surface area contributed by atoms with Crippen LogP contribution in [-0.2, 0) is 0 Å². The van der Waals surface area contributed by atoms with Gasteiger partial charge in [-0.3, -0.25) is 9.59 Å². The average molecular weight is 564 g/mol. The first kappa shape index (κ1) is 29.3. The van der Waals surface area contributed by atoms with Crippen LogP contribution in [0.1, 0.15) is 105 Å². The molecule has 0 bridgehead atoms. The van der Waals surface area contributed by atoms with Gasteiger partial charge in [0.05, 0.1) is 10.5 Å². The Morgan fingerprint density at radius 3 is 2.54 bits per heavy atom. The van der Waals surface area contributed by atoms with Crippen molar-refractivity contribution in [2.75, 3.05) is 11.9 Å². The zero-order chi connectivity index (χ0) is 28.5. The molecule has 11 heteroatoms. The van der Waals surface area contributed by atoms with E-state index in [9.17, 15) is 23.5 Å². The van der Waals surface area contributed by atoms with E-state index in [-0.39, 0.29) is 57.3 Å². The zero-order valence-electron chi connectivity index (χ0n) is 23.3. The number of aromatic nitrogens is 2. The molecule has 214 valence electrons. The number of hydrogen-bond donors (Lipinski definition) is 3. The third-order valence-electron chi connectivity index (χ3n) is 7.58. The second-order valence-electron chi connectivity index (χ2n) is 11.3. The molecule has 2 amide bonds. The molecule has 39 heavy (non-hydrogen) atoms. The third-order valence-corrected chi connectivity index (χ3v) is 8.66. The maximum Gasteiger partial charge on any atom is 0.280 e. The van der Waals surface area contributed by atoms with Gasteiger partial charge < -0.3 is 20.6 Å². The summed E-state index contributed by atoms with van der Waals surface area (Å²) in [5.74, 6) is -0.0606. The summed E-state index contributed by atoms with van der Waals surface area (Å²) in [4.78, 5) is 37.6. The molecule has 2 aromatic rings. The van der Waals surface area contributed by atoms with Crippen LogP contribution in [0.4, 0.5) is 14.6 Å². The Kier molecular flexibility index (Phi) is 8.90. The highest BCUT2D eigenvalue weighted by Gasteiger charge is 2.37. The highest BCUT2D eigenvalue weighted by Crippen LogP contribution is 2.40. The molecule has 8 nitrogen and oxygen atoms in total. The highest BCUT2D eigenvalue weighted by molar-refractivity contribution is 7.17. The topological polar surface area (TPSA) is 107 Å². The molecule has 2 aliphatic rings. The number of carbonyl (C=O) groups excluding carboxylic acids is 2. The summed E-state index contributed by atoms with van der Waals surface area (Å²) in [6.07, 6.45) is 4.08. The third kappa shape index (κ3) is 6.74. The molecule has 2 fully saturated rings. The quantitative estimate of drug-likeness (QED) is 0.326. The van der Waals surface area contributed by atoms with Crippen molar-refractivity contribution in [3.8, 4) is 10.4 Å². The summed E-state index contributed by atoms with van der Waals surface area (Å²) in [6, 6.07) is 1.50. The standard InChI is InChI=1S/C28H39F2N5O3S/c1-6-17-11-8-15(3)35(17)27(37)22-23(39-26(34-22)25(36)32-14-28(4,5)38)19-13-31-21(12-18(19)24(29)30)33-20(7-2)16-9-10-16/h12-13,15-17,20,24,38H,6-11,14H2,1-5H3,(H,31,33)(H,32,36). The average Bonchev–Trinajstić information content (AvgIpc) is 3.52. The van der Waals surface area contributed by atoms with Gasteiger partial charge in [-0.1, -0.05) is 13.8 Å². The number of nitrogens with one attached hydrogen (secondary N) is 2. The van der Waals surface area contributed by atoms with Crippen LogP contribution < -0.4 is 10.6 Å². The summed E-state index contributed by atoms with van der Waals surface area (Å²) < 4.78 is 28.9. The maximum absolute atomic E-state index is 14.4. The lowest BCUT2D eigenvalue weighted by Crippen LogP contribution is -2.40. The molecule has 3 heterocycles. The minimum absolute atomic E-state index is 0.0159. The van der Waals surface area contributed by atoms with Crippen LogP contribution in [0.15, 0.2) is 12.3 Å². The van der Waals surface area contributed by atoms with Crippen molar-refractivity contribution in [1.29, 1.82) is 0 Å². The molecule has 1 saturated carbocycles. The van der Waals surface area contributed by atoms with Crippen molar-refractivity contribution < 1.29 is 23.5 Å². The molecule has 1 aliphatic carbocycles. The van der Waals surface area contributed by atoms with E-state index < -0.39 is 17.9 Å². The van der Waals surface area contributed by atoms with Crippen molar-refractivity contribution in [2.24, 2.45) is 5.92 Å². The van der Waals surface area contributed by atoms with E-state index in [1.54, 1.807) is 18.7 Å². The van der Waals surface area contributed by atoms with Gasteiger partial charge in [-0.05, 0) is 71.3 Å². The lowest BCUT2D eigenvalue weighted by atomic mass is 10.1. The minimum atomic E-state index is -2.82. The van der Waals surface area contributed by atoms with Gasteiger partial charge in [-0.25, -0.2) is 18.7 Å². The smallest absolute Gasteiger partial charge is 0.280 e. The number of pyridine rings is 1. The Morgan fingerprint density at radius 1 is 1.23 bits per heavy atom. The van der Waals surface area contributed by atoms with Crippen molar-refractivity contribution >= 4 is 29.0 Å². The molecule has 1 aliphatic heterocycles. The summed E-state index contributed by atoms with van der Waals surface area (Å²) in [6.45, 7) is 9.11. The number of thiazole rings is 1. The summed E-state index contributed by atoms with van der Waals surface area (Å²) in [5, 5.41) is 15.9. The Morgan fingerprint density at radius 2 is 1.95 bits per heavy atom. The number of anilines is 1. The molecular formula is C28H39F2N5O3S. The van der Waals surface area contributed by atoms with Crippen molar-refractivity contribution in [2.45, 2.75) is 103 Å². The van der Waals surface area contributed by atoms with Crippen LogP contribution in [-0.4, -0.2) is 62.1 Å². The summed E-state index contributed by atoms with van der Waals surface area (Å²) in [7, 11) is 0. The fourth-order valence-electron chi connectivity index (χ4n) is 5.24. The van der Waals surface area contributed by atoms with E-state index in [4.69, 9.17) is 0 Å². The van der Waals surface area contributed by atoms with E-state index in [0.29, 0.717) is 11.7 Å². The van der Waals surface area contributed by atoms with E-state index in [1.807, 2.05) is 13.8 Å². The van der Waals surface area contributed by atoms with E-state index in [0.717, 1.165) is 49.9 Å². The van der Waals surface area contributed by atoms with Gasteiger partial charge in [-0.2, -0.15) is 0 Å². The van der Waals surface area contributed by atoms with Crippen molar-refractivity contribution in [3.63, 3.8) is 0 Å². The molecule has 3 N–H and O–H groups in total. The maximum atomic E-state index is 14.4. The van der Waals surface area contributed by atoms with Crippen molar-refractivity contribution in [1.82, 2.24) is 20.2 Å².